The summed E-state index contributed by atoms with van der Waals surface area (Å²) in [5.41, 5.74) is 0.926. The molecule has 0 spiro atoms. The molecule has 0 fully saturated rings. The van der Waals surface area contributed by atoms with E-state index in [0.717, 1.165) is 10.6 Å². The van der Waals surface area contributed by atoms with Crippen LogP contribution in [0.25, 0.3) is 0 Å². The minimum absolute atomic E-state index is 0.120. The standard InChI is InChI=1S/C15H19N3O3S/c1-10(14-16-6-7-22-14)18-15(19)17-9-11-4-5-12(20-2)13(8-11)21-3/h4-8,10H,9H2,1-3H3,(H2,17,18,19). The Morgan fingerprint density at radius 2 is 2.09 bits per heavy atom. The monoisotopic (exact) mass is 321 g/mol. The Labute approximate surface area is 133 Å². The van der Waals surface area contributed by atoms with Crippen molar-refractivity contribution in [2.45, 2.75) is 19.5 Å². The maximum absolute atomic E-state index is 11.9. The molecule has 1 heterocycles. The Morgan fingerprint density at radius 3 is 2.73 bits per heavy atom. The van der Waals surface area contributed by atoms with Crippen LogP contribution < -0.4 is 20.1 Å². The molecule has 1 atom stereocenters. The topological polar surface area (TPSA) is 72.5 Å². The van der Waals surface area contributed by atoms with Crippen molar-refractivity contribution in [1.82, 2.24) is 15.6 Å². The normalized spacial score (nSPS) is 11.6. The van der Waals surface area contributed by atoms with Crippen LogP contribution in [0.15, 0.2) is 29.8 Å². The molecule has 2 amide bonds. The van der Waals surface area contributed by atoms with Gasteiger partial charge in [-0.05, 0) is 24.6 Å². The molecular weight excluding hydrogens is 302 g/mol. The highest BCUT2D eigenvalue weighted by Gasteiger charge is 2.11. The molecule has 2 N–H and O–H groups in total. The van der Waals surface area contributed by atoms with Crippen molar-refractivity contribution in [2.24, 2.45) is 0 Å². The lowest BCUT2D eigenvalue weighted by Gasteiger charge is -2.13. The Balaban J connectivity index is 1.88. The van der Waals surface area contributed by atoms with Crippen LogP contribution in [0.3, 0.4) is 0 Å². The van der Waals surface area contributed by atoms with Gasteiger partial charge in [-0.3, -0.25) is 0 Å². The van der Waals surface area contributed by atoms with Gasteiger partial charge >= 0.3 is 6.03 Å². The van der Waals surface area contributed by atoms with Crippen molar-refractivity contribution in [1.29, 1.82) is 0 Å². The number of amides is 2. The summed E-state index contributed by atoms with van der Waals surface area (Å²) in [5, 5.41) is 8.42. The average molecular weight is 321 g/mol. The summed E-state index contributed by atoms with van der Waals surface area (Å²) in [4.78, 5) is 16.1. The smallest absolute Gasteiger partial charge is 0.315 e. The van der Waals surface area contributed by atoms with Crippen LogP contribution in [-0.4, -0.2) is 25.2 Å². The molecule has 0 saturated carbocycles. The summed E-state index contributed by atoms with van der Waals surface area (Å²) in [6.07, 6.45) is 1.72. The quantitative estimate of drug-likeness (QED) is 0.858. The zero-order chi connectivity index (χ0) is 15.9. The lowest BCUT2D eigenvalue weighted by atomic mass is 10.2. The first kappa shape index (κ1) is 16.1. The second kappa shape index (κ2) is 7.65. The molecular formula is C15H19N3O3S. The first-order chi connectivity index (χ1) is 10.6. The van der Waals surface area contributed by atoms with Crippen molar-refractivity contribution < 1.29 is 14.3 Å². The largest absolute Gasteiger partial charge is 0.493 e. The lowest BCUT2D eigenvalue weighted by Crippen LogP contribution is -2.36. The Kier molecular flexibility index (Phi) is 5.60. The zero-order valence-electron chi connectivity index (χ0n) is 12.8. The van der Waals surface area contributed by atoms with Gasteiger partial charge in [-0.25, -0.2) is 9.78 Å². The molecule has 22 heavy (non-hydrogen) atoms. The summed E-state index contributed by atoms with van der Waals surface area (Å²) in [7, 11) is 3.17. The number of aromatic nitrogens is 1. The summed E-state index contributed by atoms with van der Waals surface area (Å²) in [5.74, 6) is 1.30. The van der Waals surface area contributed by atoms with E-state index in [1.54, 1.807) is 20.4 Å². The number of nitrogens with zero attached hydrogens (tertiary/aromatic N) is 1. The minimum Gasteiger partial charge on any atom is -0.493 e. The number of rotatable bonds is 6. The Hall–Kier alpha value is -2.28. The van der Waals surface area contributed by atoms with Crippen molar-refractivity contribution in [2.75, 3.05) is 14.2 Å². The third-order valence-electron chi connectivity index (χ3n) is 3.07. The highest BCUT2D eigenvalue weighted by molar-refractivity contribution is 7.09. The van der Waals surface area contributed by atoms with Gasteiger partial charge in [-0.1, -0.05) is 6.07 Å². The number of hydrogen-bond acceptors (Lipinski definition) is 5. The first-order valence-electron chi connectivity index (χ1n) is 6.78. The van der Waals surface area contributed by atoms with E-state index >= 15 is 0 Å². The fraction of sp³-hybridized carbons (Fsp3) is 0.333. The average Bonchev–Trinajstić information content (AvgIpc) is 3.07. The predicted octanol–water partition coefficient (Wildman–Crippen LogP) is 2.72. The molecule has 1 aromatic carbocycles. The fourth-order valence-corrected chi connectivity index (χ4v) is 2.58. The third kappa shape index (κ3) is 4.11. The van der Waals surface area contributed by atoms with E-state index in [-0.39, 0.29) is 12.1 Å². The lowest BCUT2D eigenvalue weighted by molar-refractivity contribution is 0.237. The zero-order valence-corrected chi connectivity index (χ0v) is 13.6. The van der Waals surface area contributed by atoms with E-state index in [9.17, 15) is 4.79 Å². The van der Waals surface area contributed by atoms with E-state index in [4.69, 9.17) is 9.47 Å². The maximum Gasteiger partial charge on any atom is 0.315 e. The van der Waals surface area contributed by atoms with Gasteiger partial charge in [0.2, 0.25) is 0 Å². The molecule has 1 unspecified atom stereocenters. The van der Waals surface area contributed by atoms with Gasteiger partial charge in [0.25, 0.3) is 0 Å². The number of urea groups is 1. The van der Waals surface area contributed by atoms with E-state index in [1.165, 1.54) is 11.3 Å². The van der Waals surface area contributed by atoms with Gasteiger partial charge in [-0.2, -0.15) is 0 Å². The van der Waals surface area contributed by atoms with Gasteiger partial charge < -0.3 is 20.1 Å². The van der Waals surface area contributed by atoms with Crippen molar-refractivity contribution in [3.8, 4) is 11.5 Å². The van der Waals surface area contributed by atoms with Gasteiger partial charge in [0, 0.05) is 18.1 Å². The van der Waals surface area contributed by atoms with Crippen LogP contribution in [0.5, 0.6) is 11.5 Å². The second-order valence-electron chi connectivity index (χ2n) is 4.61. The molecule has 0 aliphatic heterocycles. The van der Waals surface area contributed by atoms with E-state index in [1.807, 2.05) is 30.5 Å². The minimum atomic E-state index is -0.238. The van der Waals surface area contributed by atoms with Crippen LogP contribution in [0.4, 0.5) is 4.79 Å². The molecule has 118 valence electrons. The van der Waals surface area contributed by atoms with Gasteiger partial charge in [-0.15, -0.1) is 11.3 Å². The Morgan fingerprint density at radius 1 is 1.32 bits per heavy atom. The molecule has 0 bridgehead atoms. The molecule has 1 aromatic heterocycles. The predicted molar refractivity (Wildman–Crippen MR) is 85.4 cm³/mol. The number of carbonyl (C=O) groups is 1. The van der Waals surface area contributed by atoms with Crippen LogP contribution in [-0.2, 0) is 6.54 Å². The summed E-state index contributed by atoms with van der Waals surface area (Å²) >= 11 is 1.51. The summed E-state index contributed by atoms with van der Waals surface area (Å²) in [6.45, 7) is 2.30. The van der Waals surface area contributed by atoms with Crippen molar-refractivity contribution in [3.63, 3.8) is 0 Å². The highest BCUT2D eigenvalue weighted by atomic mass is 32.1. The molecule has 0 saturated heterocycles. The van der Waals surface area contributed by atoms with E-state index < -0.39 is 0 Å². The Bertz CT molecular complexity index is 617. The van der Waals surface area contributed by atoms with Crippen LogP contribution >= 0.6 is 11.3 Å². The second-order valence-corrected chi connectivity index (χ2v) is 5.53. The van der Waals surface area contributed by atoms with E-state index in [2.05, 4.69) is 15.6 Å². The maximum atomic E-state index is 11.9. The highest BCUT2D eigenvalue weighted by Crippen LogP contribution is 2.27. The SMILES string of the molecule is COc1ccc(CNC(=O)NC(C)c2nccs2)cc1OC. The van der Waals surface area contributed by atoms with Crippen molar-refractivity contribution in [3.05, 3.63) is 40.3 Å². The van der Waals surface area contributed by atoms with Gasteiger partial charge in [0.1, 0.15) is 5.01 Å². The molecule has 0 radical (unpaired) electrons. The number of carbonyl (C=O) groups excluding carboxylic acids is 1. The third-order valence-corrected chi connectivity index (χ3v) is 4.03. The van der Waals surface area contributed by atoms with Crippen LogP contribution in [0.1, 0.15) is 23.5 Å². The number of hydrogen-bond donors (Lipinski definition) is 2. The molecule has 6 nitrogen and oxygen atoms in total. The van der Waals surface area contributed by atoms with Gasteiger partial charge in [0.05, 0.1) is 20.3 Å². The molecule has 2 aromatic rings. The number of ether oxygens (including phenoxy) is 2. The summed E-state index contributed by atoms with van der Waals surface area (Å²) < 4.78 is 10.4. The number of benzene rings is 1. The number of nitrogens with one attached hydrogen (secondary N) is 2. The molecule has 0 aliphatic carbocycles. The first-order valence-corrected chi connectivity index (χ1v) is 7.66. The van der Waals surface area contributed by atoms with Crippen molar-refractivity contribution >= 4 is 17.4 Å². The fourth-order valence-electron chi connectivity index (χ4n) is 1.93. The molecule has 7 heteroatoms. The van der Waals surface area contributed by atoms with Gasteiger partial charge in [0.15, 0.2) is 11.5 Å². The number of thiazole rings is 1. The number of methoxy groups -OCH3 is 2. The van der Waals surface area contributed by atoms with Crippen LogP contribution in [0.2, 0.25) is 0 Å². The van der Waals surface area contributed by atoms with Crippen LogP contribution in [0, 0.1) is 0 Å². The van der Waals surface area contributed by atoms with E-state index in [0.29, 0.717) is 18.0 Å². The molecule has 0 aliphatic rings. The summed E-state index contributed by atoms with van der Waals surface area (Å²) in [6, 6.07) is 5.17. The molecule has 2 rings (SSSR count).